The van der Waals surface area contributed by atoms with E-state index in [0.717, 1.165) is 24.8 Å². The van der Waals surface area contributed by atoms with Crippen molar-refractivity contribution >= 4 is 27.5 Å². The fraction of sp³-hybridized carbons (Fsp3) is 0.462. The van der Waals surface area contributed by atoms with E-state index in [9.17, 15) is 5.26 Å². The monoisotopic (exact) mass is 299 g/mol. The largest absolute Gasteiger partial charge is 0.197 e. The lowest BCUT2D eigenvalue weighted by Crippen LogP contribution is -2.26. The fourth-order valence-corrected chi connectivity index (χ4v) is 2.54. The number of rotatable bonds is 5. The van der Waals surface area contributed by atoms with Crippen LogP contribution in [0.5, 0.6) is 0 Å². The number of hydrogen-bond donors (Lipinski definition) is 0. The van der Waals surface area contributed by atoms with E-state index in [1.165, 1.54) is 0 Å². The van der Waals surface area contributed by atoms with Gasteiger partial charge >= 0.3 is 0 Å². The lowest BCUT2D eigenvalue weighted by atomic mass is 9.79. The van der Waals surface area contributed by atoms with Crippen molar-refractivity contribution in [1.82, 2.24) is 0 Å². The maximum Gasteiger partial charge on any atom is 0.0918 e. The van der Waals surface area contributed by atoms with Crippen LogP contribution < -0.4 is 0 Å². The molecule has 0 aliphatic rings. The molecule has 0 aliphatic carbocycles. The number of alkyl halides is 1. The van der Waals surface area contributed by atoms with Gasteiger partial charge in [-0.25, -0.2) is 0 Å². The van der Waals surface area contributed by atoms with Crippen LogP contribution in [0, 0.1) is 11.3 Å². The zero-order valence-electron chi connectivity index (χ0n) is 9.34. The SMILES string of the molecule is CCCCC(C#N)(CBr)c1ccc(Cl)cc1. The van der Waals surface area contributed by atoms with Gasteiger partial charge in [0.25, 0.3) is 0 Å². The Hall–Kier alpha value is -0.520. The molecule has 1 aromatic carbocycles. The van der Waals surface area contributed by atoms with Crippen molar-refractivity contribution in [2.24, 2.45) is 0 Å². The molecule has 1 nitrogen and oxygen atoms in total. The summed E-state index contributed by atoms with van der Waals surface area (Å²) in [6.07, 6.45) is 3.04. The molecule has 0 bridgehead atoms. The molecule has 0 fully saturated rings. The Kier molecular flexibility index (Phi) is 5.31. The molecular formula is C13H15BrClN. The first-order valence-corrected chi connectivity index (χ1v) is 6.91. The molecule has 0 saturated heterocycles. The molecular weight excluding hydrogens is 286 g/mol. The second-order valence-corrected chi connectivity index (χ2v) is 4.94. The Morgan fingerprint density at radius 3 is 2.44 bits per heavy atom. The van der Waals surface area contributed by atoms with Crippen molar-refractivity contribution in [2.45, 2.75) is 31.6 Å². The molecule has 0 spiro atoms. The van der Waals surface area contributed by atoms with Crippen LogP contribution in [0.4, 0.5) is 0 Å². The van der Waals surface area contributed by atoms with Gasteiger partial charge in [0, 0.05) is 10.4 Å². The summed E-state index contributed by atoms with van der Waals surface area (Å²) in [6.45, 7) is 2.14. The first-order chi connectivity index (χ1) is 7.68. The number of benzene rings is 1. The zero-order valence-corrected chi connectivity index (χ0v) is 11.7. The van der Waals surface area contributed by atoms with Gasteiger partial charge in [0.1, 0.15) is 0 Å². The maximum atomic E-state index is 9.41. The second-order valence-electron chi connectivity index (χ2n) is 3.94. The van der Waals surface area contributed by atoms with Gasteiger partial charge in [-0.15, -0.1) is 0 Å². The summed E-state index contributed by atoms with van der Waals surface area (Å²) in [5.41, 5.74) is 0.630. The zero-order chi connectivity index (χ0) is 12.0. The molecule has 1 unspecified atom stereocenters. The summed E-state index contributed by atoms with van der Waals surface area (Å²) in [7, 11) is 0. The third kappa shape index (κ3) is 2.99. The van der Waals surface area contributed by atoms with E-state index in [0.29, 0.717) is 10.4 Å². The Morgan fingerprint density at radius 1 is 1.38 bits per heavy atom. The van der Waals surface area contributed by atoms with Gasteiger partial charge in [-0.1, -0.05) is 59.4 Å². The Bertz CT molecular complexity index is 369. The minimum Gasteiger partial charge on any atom is -0.197 e. The average Bonchev–Trinajstić information content (AvgIpc) is 2.33. The highest BCUT2D eigenvalue weighted by Crippen LogP contribution is 2.32. The molecule has 1 atom stereocenters. The van der Waals surface area contributed by atoms with Crippen LogP contribution in [-0.2, 0) is 5.41 Å². The normalized spacial score (nSPS) is 14.1. The lowest BCUT2D eigenvalue weighted by molar-refractivity contribution is 0.532. The van der Waals surface area contributed by atoms with Crippen LogP contribution in [0.3, 0.4) is 0 Å². The van der Waals surface area contributed by atoms with Crippen molar-refractivity contribution in [3.63, 3.8) is 0 Å². The van der Waals surface area contributed by atoms with E-state index in [4.69, 9.17) is 11.6 Å². The lowest BCUT2D eigenvalue weighted by Gasteiger charge is -2.24. The number of nitriles is 1. The van der Waals surface area contributed by atoms with E-state index in [1.54, 1.807) is 0 Å². The topological polar surface area (TPSA) is 23.8 Å². The number of nitrogens with zero attached hydrogens (tertiary/aromatic N) is 1. The minimum absolute atomic E-state index is 0.416. The van der Waals surface area contributed by atoms with E-state index in [2.05, 4.69) is 28.9 Å². The van der Waals surface area contributed by atoms with Crippen LogP contribution in [0.25, 0.3) is 0 Å². The van der Waals surface area contributed by atoms with Crippen molar-refractivity contribution in [1.29, 1.82) is 5.26 Å². The molecule has 0 saturated carbocycles. The number of halogens is 2. The van der Waals surface area contributed by atoms with Crippen molar-refractivity contribution in [3.05, 3.63) is 34.9 Å². The Labute approximate surface area is 111 Å². The third-order valence-corrected chi connectivity index (χ3v) is 4.01. The fourth-order valence-electron chi connectivity index (χ4n) is 1.69. The predicted octanol–water partition coefficient (Wildman–Crippen LogP) is 4.69. The smallest absolute Gasteiger partial charge is 0.0918 e. The predicted molar refractivity (Wildman–Crippen MR) is 72.1 cm³/mol. The van der Waals surface area contributed by atoms with Crippen LogP contribution >= 0.6 is 27.5 Å². The van der Waals surface area contributed by atoms with E-state index in [1.807, 2.05) is 24.3 Å². The molecule has 0 N–H and O–H groups in total. The molecule has 0 aliphatic heterocycles. The number of unbranched alkanes of at least 4 members (excludes halogenated alkanes) is 1. The third-order valence-electron chi connectivity index (χ3n) is 2.80. The second kappa shape index (κ2) is 6.27. The maximum absolute atomic E-state index is 9.41. The highest BCUT2D eigenvalue weighted by atomic mass is 79.9. The van der Waals surface area contributed by atoms with Crippen LogP contribution in [0.1, 0.15) is 31.7 Å². The summed E-state index contributed by atoms with van der Waals surface area (Å²) < 4.78 is 0. The molecule has 0 aromatic heterocycles. The summed E-state index contributed by atoms with van der Waals surface area (Å²) in [6, 6.07) is 10.0. The van der Waals surface area contributed by atoms with Crippen molar-refractivity contribution in [3.8, 4) is 6.07 Å². The Balaban J connectivity index is 3.01. The molecule has 0 radical (unpaired) electrons. The summed E-state index contributed by atoms with van der Waals surface area (Å²) in [5, 5.41) is 10.8. The van der Waals surface area contributed by atoms with Crippen LogP contribution in [0.15, 0.2) is 24.3 Å². The van der Waals surface area contributed by atoms with Gasteiger partial charge in [0.2, 0.25) is 0 Å². The van der Waals surface area contributed by atoms with Gasteiger partial charge in [0.15, 0.2) is 0 Å². The quantitative estimate of drug-likeness (QED) is 0.724. The van der Waals surface area contributed by atoms with Crippen molar-refractivity contribution < 1.29 is 0 Å². The van der Waals surface area contributed by atoms with Gasteiger partial charge in [-0.2, -0.15) is 5.26 Å². The molecule has 3 heteroatoms. The van der Waals surface area contributed by atoms with Crippen LogP contribution in [-0.4, -0.2) is 5.33 Å². The molecule has 0 amide bonds. The first kappa shape index (κ1) is 13.5. The van der Waals surface area contributed by atoms with Gasteiger partial charge in [0.05, 0.1) is 11.5 Å². The first-order valence-electron chi connectivity index (χ1n) is 5.42. The highest BCUT2D eigenvalue weighted by molar-refractivity contribution is 9.09. The molecule has 86 valence electrons. The average molecular weight is 301 g/mol. The van der Waals surface area contributed by atoms with Gasteiger partial charge in [-0.3, -0.25) is 0 Å². The van der Waals surface area contributed by atoms with E-state index < -0.39 is 5.41 Å². The molecule has 1 rings (SSSR count). The standard InChI is InChI=1S/C13H15BrClN/c1-2-3-8-13(9-14,10-16)11-4-6-12(15)7-5-11/h4-7H,2-3,8-9H2,1H3. The number of hydrogen-bond acceptors (Lipinski definition) is 1. The van der Waals surface area contributed by atoms with Gasteiger partial charge < -0.3 is 0 Å². The van der Waals surface area contributed by atoms with Crippen molar-refractivity contribution in [2.75, 3.05) is 5.33 Å². The summed E-state index contributed by atoms with van der Waals surface area (Å²) >= 11 is 9.32. The Morgan fingerprint density at radius 2 is 2.00 bits per heavy atom. The van der Waals surface area contributed by atoms with Crippen LogP contribution in [0.2, 0.25) is 5.02 Å². The molecule has 16 heavy (non-hydrogen) atoms. The molecule has 1 aromatic rings. The highest BCUT2D eigenvalue weighted by Gasteiger charge is 2.30. The van der Waals surface area contributed by atoms with Gasteiger partial charge in [-0.05, 0) is 24.1 Å². The summed E-state index contributed by atoms with van der Waals surface area (Å²) in [5.74, 6) is 0. The minimum atomic E-state index is -0.416. The van der Waals surface area contributed by atoms with E-state index in [-0.39, 0.29) is 0 Å². The molecule has 0 heterocycles. The summed E-state index contributed by atoms with van der Waals surface area (Å²) in [4.78, 5) is 0. The van der Waals surface area contributed by atoms with E-state index >= 15 is 0 Å².